The molecule has 4 aromatic rings. The predicted octanol–water partition coefficient (Wildman–Crippen LogP) is 6.50. The summed E-state index contributed by atoms with van der Waals surface area (Å²) in [6.45, 7) is -0.0417. The number of aliphatic carboxylic acids is 1. The molecule has 0 saturated carbocycles. The van der Waals surface area contributed by atoms with Crippen molar-refractivity contribution in [2.45, 2.75) is 82.0 Å². The van der Waals surface area contributed by atoms with Crippen LogP contribution in [-0.4, -0.2) is 44.7 Å². The Morgan fingerprint density at radius 2 is 1.60 bits per heavy atom. The molecular formula is C37H37F7N4O5. The first-order valence-electron chi connectivity index (χ1n) is 17.2. The molecule has 0 bridgehead atoms. The molecule has 1 fully saturated rings. The lowest BCUT2D eigenvalue weighted by Gasteiger charge is -2.39. The molecule has 3 heterocycles. The van der Waals surface area contributed by atoms with Gasteiger partial charge in [-0.2, -0.15) is 26.3 Å². The van der Waals surface area contributed by atoms with Crippen molar-refractivity contribution in [1.82, 2.24) is 19.4 Å². The number of likely N-dealkylation sites (tertiary alicyclic amines) is 1. The summed E-state index contributed by atoms with van der Waals surface area (Å²) < 4.78 is 104. The zero-order chi connectivity index (χ0) is 38.1. The molecule has 1 aliphatic heterocycles. The minimum atomic E-state index is -4.93. The summed E-state index contributed by atoms with van der Waals surface area (Å²) in [7, 11) is 0. The number of rotatable bonds is 12. The van der Waals surface area contributed by atoms with Crippen LogP contribution < -0.4 is 16.6 Å². The van der Waals surface area contributed by atoms with Crippen molar-refractivity contribution in [1.29, 1.82) is 0 Å². The summed E-state index contributed by atoms with van der Waals surface area (Å²) in [5.74, 6) is -3.16. The molecule has 0 unspecified atom stereocenters. The van der Waals surface area contributed by atoms with Crippen LogP contribution in [-0.2, 0) is 48.6 Å². The van der Waals surface area contributed by atoms with Crippen molar-refractivity contribution in [3.63, 3.8) is 0 Å². The third-order valence-corrected chi connectivity index (χ3v) is 10.3. The minimum absolute atomic E-state index is 0.0859. The van der Waals surface area contributed by atoms with Gasteiger partial charge in [0.2, 0.25) is 5.76 Å². The Kier molecular flexibility index (Phi) is 10.7. The van der Waals surface area contributed by atoms with Crippen molar-refractivity contribution in [2.24, 2.45) is 0 Å². The summed E-state index contributed by atoms with van der Waals surface area (Å²) >= 11 is 0. The highest BCUT2D eigenvalue weighted by atomic mass is 19.4. The Morgan fingerprint density at radius 1 is 0.887 bits per heavy atom. The van der Waals surface area contributed by atoms with E-state index in [9.17, 15) is 40.7 Å². The van der Waals surface area contributed by atoms with Gasteiger partial charge >= 0.3 is 24.0 Å². The molecule has 1 spiro atoms. The number of piperidine rings is 1. The van der Waals surface area contributed by atoms with E-state index in [1.807, 2.05) is 4.90 Å². The van der Waals surface area contributed by atoms with Gasteiger partial charge in [-0.3, -0.25) is 23.6 Å². The number of carboxylic acids is 1. The van der Waals surface area contributed by atoms with Crippen LogP contribution in [0.5, 0.6) is 0 Å². The number of alkyl halides is 6. The Hall–Kier alpha value is -4.70. The highest BCUT2D eigenvalue weighted by molar-refractivity contribution is 5.66. The molecule has 16 heteroatoms. The van der Waals surface area contributed by atoms with Gasteiger partial charge in [0.15, 0.2) is 0 Å². The van der Waals surface area contributed by atoms with E-state index < -0.39 is 70.3 Å². The van der Waals surface area contributed by atoms with E-state index in [4.69, 9.17) is 9.52 Å². The Balaban J connectivity index is 1.40. The number of furan rings is 1. The van der Waals surface area contributed by atoms with Crippen LogP contribution in [0.2, 0.25) is 0 Å². The molecule has 2 aromatic heterocycles. The average molecular weight is 751 g/mol. The molecular weight excluding hydrogens is 713 g/mol. The van der Waals surface area contributed by atoms with Gasteiger partial charge < -0.3 is 14.8 Å². The van der Waals surface area contributed by atoms with Crippen LogP contribution in [0.1, 0.15) is 77.6 Å². The predicted molar refractivity (Wildman–Crippen MR) is 178 cm³/mol. The molecule has 0 amide bonds. The first-order chi connectivity index (χ1) is 25.1. The Bertz CT molecular complexity index is 2060. The maximum Gasteiger partial charge on any atom is 0.449 e. The number of carboxylic acid groups (broad SMARTS) is 1. The topological polar surface area (TPSA) is 110 Å². The fourth-order valence-electron chi connectivity index (χ4n) is 7.63. The molecule has 9 nitrogen and oxygen atoms in total. The van der Waals surface area contributed by atoms with E-state index in [0.717, 1.165) is 33.4 Å². The van der Waals surface area contributed by atoms with Crippen LogP contribution in [0.25, 0.3) is 0 Å². The number of fused-ring (bicyclic) bond motifs is 2. The third kappa shape index (κ3) is 8.12. The molecule has 2 aliphatic rings. The van der Waals surface area contributed by atoms with Crippen molar-refractivity contribution in [3.8, 4) is 0 Å². The summed E-state index contributed by atoms with van der Waals surface area (Å²) in [4.78, 5) is 41.9. The summed E-state index contributed by atoms with van der Waals surface area (Å²) in [6.07, 6.45) is -8.18. The number of carbonyl (C=O) groups is 1. The van der Waals surface area contributed by atoms with Crippen molar-refractivity contribution in [3.05, 3.63) is 127 Å². The second-order valence-electron chi connectivity index (χ2n) is 13.6. The molecule has 284 valence electrons. The van der Waals surface area contributed by atoms with Gasteiger partial charge in [-0.25, -0.2) is 9.18 Å². The number of halogens is 7. The van der Waals surface area contributed by atoms with Gasteiger partial charge in [0.1, 0.15) is 11.6 Å². The number of nitrogens with one attached hydrogen (secondary N) is 1. The van der Waals surface area contributed by atoms with E-state index in [1.165, 1.54) is 6.07 Å². The van der Waals surface area contributed by atoms with Gasteiger partial charge in [0.25, 0.3) is 5.56 Å². The second kappa shape index (κ2) is 15.0. The van der Waals surface area contributed by atoms with Crippen molar-refractivity contribution >= 4 is 5.97 Å². The van der Waals surface area contributed by atoms with E-state index >= 15 is 4.39 Å². The van der Waals surface area contributed by atoms with Crippen LogP contribution in [0.15, 0.2) is 74.7 Å². The quantitative estimate of drug-likeness (QED) is 0.126. The van der Waals surface area contributed by atoms with Gasteiger partial charge in [0.05, 0.1) is 31.2 Å². The molecule has 53 heavy (non-hydrogen) atoms. The van der Waals surface area contributed by atoms with Crippen molar-refractivity contribution < 1.29 is 45.1 Å². The maximum absolute atomic E-state index is 15.2. The van der Waals surface area contributed by atoms with E-state index in [2.05, 4.69) is 5.32 Å². The minimum Gasteiger partial charge on any atom is -0.481 e. The standard InChI is InChI=1S/C37H37F7N4O5/c38-27-9-4-8-26(36(39,40)41)25(27)21-47-29-13-14-35(15-18-46(19-16-35)20-24-11-12-30(53-24)37(42,43)44)32(29)33(51)48(34(47)52)22-28(23-6-2-1-3-7-23)45-17-5-10-31(49)50/h1-4,6-9,11-12,28,45H,5,10,13-22H2,(H,49,50)/t28-/m0/s1. The summed E-state index contributed by atoms with van der Waals surface area (Å²) in [6, 6.07) is 12.8. The zero-order valence-electron chi connectivity index (χ0n) is 28.4. The number of hydrogen-bond acceptors (Lipinski definition) is 6. The summed E-state index contributed by atoms with van der Waals surface area (Å²) in [5.41, 5.74) is -3.16. The Morgan fingerprint density at radius 3 is 2.25 bits per heavy atom. The van der Waals surface area contributed by atoms with Crippen LogP contribution in [0, 0.1) is 5.82 Å². The third-order valence-electron chi connectivity index (χ3n) is 10.3. The largest absolute Gasteiger partial charge is 0.481 e. The molecule has 1 aliphatic carbocycles. The normalized spacial score (nSPS) is 16.6. The first-order valence-corrected chi connectivity index (χ1v) is 17.2. The molecule has 6 rings (SSSR count). The lowest BCUT2D eigenvalue weighted by atomic mass is 9.74. The van der Waals surface area contributed by atoms with Crippen LogP contribution in [0.3, 0.4) is 0 Å². The van der Waals surface area contributed by atoms with E-state index in [0.29, 0.717) is 37.9 Å². The molecule has 0 radical (unpaired) electrons. The van der Waals surface area contributed by atoms with Crippen molar-refractivity contribution in [2.75, 3.05) is 19.6 Å². The molecule has 1 saturated heterocycles. The lowest BCUT2D eigenvalue weighted by Crippen LogP contribution is -2.49. The van der Waals surface area contributed by atoms with Gasteiger partial charge in [-0.15, -0.1) is 0 Å². The summed E-state index contributed by atoms with van der Waals surface area (Å²) in [5, 5.41) is 12.3. The van der Waals surface area contributed by atoms with E-state index in [1.54, 1.807) is 30.3 Å². The highest BCUT2D eigenvalue weighted by Gasteiger charge is 2.46. The van der Waals surface area contributed by atoms with Gasteiger partial charge in [0, 0.05) is 28.7 Å². The highest BCUT2D eigenvalue weighted by Crippen LogP contribution is 2.45. The number of benzene rings is 2. The second-order valence-corrected chi connectivity index (χ2v) is 13.6. The first kappa shape index (κ1) is 38.0. The van der Waals surface area contributed by atoms with Crippen LogP contribution >= 0.6 is 0 Å². The number of aromatic nitrogens is 2. The fourth-order valence-corrected chi connectivity index (χ4v) is 7.63. The zero-order valence-corrected chi connectivity index (χ0v) is 28.4. The van der Waals surface area contributed by atoms with Crippen LogP contribution in [0.4, 0.5) is 30.7 Å². The molecule has 2 N–H and O–H groups in total. The maximum atomic E-state index is 15.2. The molecule has 1 atom stereocenters. The average Bonchev–Trinajstić information content (AvgIpc) is 3.73. The van der Waals surface area contributed by atoms with Gasteiger partial charge in [-0.05, 0) is 81.6 Å². The molecule has 2 aromatic carbocycles. The lowest BCUT2D eigenvalue weighted by molar-refractivity contribution is -0.153. The number of hydrogen-bond donors (Lipinski definition) is 2. The monoisotopic (exact) mass is 750 g/mol. The SMILES string of the molecule is O=C(O)CCCN[C@@H](Cn1c(=O)c2c(n(Cc3c(F)cccc3C(F)(F)F)c1=O)CCC21CCN(Cc2ccc(C(F)(F)F)o2)CC1)c1ccccc1. The number of nitrogens with zero attached hydrogens (tertiary/aromatic N) is 3. The fraction of sp³-hybridized carbons (Fsp3) is 0.432. The smallest absolute Gasteiger partial charge is 0.449 e. The van der Waals surface area contributed by atoms with Gasteiger partial charge in [-0.1, -0.05) is 36.4 Å². The Labute approximate surface area is 298 Å². The van der Waals surface area contributed by atoms with E-state index in [-0.39, 0.29) is 55.9 Å².